The Morgan fingerprint density at radius 2 is 1.90 bits per heavy atom. The summed E-state index contributed by atoms with van der Waals surface area (Å²) in [6.45, 7) is -0.548. The summed E-state index contributed by atoms with van der Waals surface area (Å²) < 4.78 is 2.56. The van der Waals surface area contributed by atoms with Gasteiger partial charge in [0.2, 0.25) is 0 Å². The molecule has 6 nitrogen and oxygen atoms in total. The summed E-state index contributed by atoms with van der Waals surface area (Å²) in [5.74, 6) is 0. The van der Waals surface area contributed by atoms with Crippen LogP contribution in [0.4, 0.5) is 10.5 Å². The zero-order valence-corrected chi connectivity index (χ0v) is 16.6. The monoisotopic (exact) mass is 618 g/mol. The molecule has 0 aliphatic carbocycles. The number of aliphatic hydroxyl groups excluding tert-OH is 3. The van der Waals surface area contributed by atoms with E-state index < -0.39 is 18.7 Å². The van der Waals surface area contributed by atoms with Gasteiger partial charge in [-0.25, -0.2) is 4.79 Å². The second kappa shape index (κ2) is 8.87. The molecule has 0 unspecified atom stereocenters. The van der Waals surface area contributed by atoms with E-state index in [9.17, 15) is 15.0 Å². The molecule has 1 atom stereocenters. The van der Waals surface area contributed by atoms with Gasteiger partial charge in [0.05, 0.1) is 25.0 Å². The first-order chi connectivity index (χ1) is 9.40. The highest BCUT2D eigenvalue weighted by molar-refractivity contribution is 14.1. The maximum absolute atomic E-state index is 11.7. The number of urea groups is 1. The fourth-order valence-corrected chi connectivity index (χ4v) is 5.31. The van der Waals surface area contributed by atoms with Crippen molar-refractivity contribution in [2.45, 2.75) is 12.7 Å². The molecule has 0 heterocycles. The Labute approximate surface area is 157 Å². The molecule has 0 aromatic heterocycles. The molecule has 0 radical (unpaired) electrons. The van der Waals surface area contributed by atoms with E-state index in [1.54, 1.807) is 0 Å². The summed E-state index contributed by atoms with van der Waals surface area (Å²) in [5.41, 5.74) is 1.38. The number of halogens is 3. The van der Waals surface area contributed by atoms with Crippen LogP contribution in [-0.4, -0.2) is 40.6 Å². The Morgan fingerprint density at radius 3 is 2.45 bits per heavy atom. The van der Waals surface area contributed by atoms with Crippen LogP contribution in [0.3, 0.4) is 0 Å². The van der Waals surface area contributed by atoms with Gasteiger partial charge in [0, 0.05) is 22.8 Å². The lowest BCUT2D eigenvalue weighted by molar-refractivity contribution is 0.0965. The van der Waals surface area contributed by atoms with Crippen molar-refractivity contribution in [3.8, 4) is 0 Å². The van der Waals surface area contributed by atoms with Crippen LogP contribution in [0.25, 0.3) is 0 Å². The van der Waals surface area contributed by atoms with Crippen molar-refractivity contribution < 1.29 is 20.1 Å². The first kappa shape index (κ1) is 18.6. The largest absolute Gasteiger partial charge is 0.394 e. The van der Waals surface area contributed by atoms with Crippen LogP contribution >= 0.6 is 67.8 Å². The van der Waals surface area contributed by atoms with Gasteiger partial charge in [-0.2, -0.15) is 0 Å². The number of amides is 2. The Bertz CT molecular complexity index is 499. The van der Waals surface area contributed by atoms with Crippen LogP contribution in [0.1, 0.15) is 5.56 Å². The SMILES string of the molecule is O=C(NC[C@H](O)CO)Nc1c(I)cc(I)c(CO)c1I. The van der Waals surface area contributed by atoms with Crippen molar-refractivity contribution in [2.24, 2.45) is 0 Å². The third-order valence-corrected chi connectivity index (χ3v) is 5.37. The molecule has 5 N–H and O–H groups in total. The number of aliphatic hydroxyl groups is 3. The van der Waals surface area contributed by atoms with Crippen molar-refractivity contribution in [2.75, 3.05) is 18.5 Å². The molecule has 1 rings (SSSR count). The highest BCUT2D eigenvalue weighted by Gasteiger charge is 2.15. The predicted octanol–water partition coefficient (Wildman–Crippen LogP) is 1.47. The number of hydrogen-bond acceptors (Lipinski definition) is 4. The maximum atomic E-state index is 11.7. The molecule has 0 spiro atoms. The summed E-state index contributed by atoms with van der Waals surface area (Å²) in [6.07, 6.45) is -0.983. The lowest BCUT2D eigenvalue weighted by Gasteiger charge is -2.15. The second-order valence-corrected chi connectivity index (χ2v) is 7.24. The average molecular weight is 618 g/mol. The molecule has 1 aromatic carbocycles. The number of benzene rings is 1. The van der Waals surface area contributed by atoms with E-state index in [0.717, 1.165) is 16.3 Å². The van der Waals surface area contributed by atoms with E-state index >= 15 is 0 Å². The van der Waals surface area contributed by atoms with Gasteiger partial charge in [-0.15, -0.1) is 0 Å². The van der Waals surface area contributed by atoms with Crippen LogP contribution < -0.4 is 10.6 Å². The quantitative estimate of drug-likeness (QED) is 0.323. The second-order valence-electron chi connectivity index (χ2n) is 3.84. The number of rotatable bonds is 5. The predicted molar refractivity (Wildman–Crippen MR) is 101 cm³/mol. The molecule has 0 saturated carbocycles. The lowest BCUT2D eigenvalue weighted by atomic mass is 10.2. The summed E-state index contributed by atoms with van der Waals surface area (Å²) in [6, 6.07) is 1.39. The zero-order chi connectivity index (χ0) is 15.3. The van der Waals surface area contributed by atoms with Crippen molar-refractivity contribution in [3.63, 3.8) is 0 Å². The number of carbonyl (C=O) groups excluding carboxylic acids is 1. The molecule has 112 valence electrons. The summed E-state index contributed by atoms with van der Waals surface area (Å²) in [7, 11) is 0. The number of anilines is 1. The highest BCUT2D eigenvalue weighted by atomic mass is 127. The third-order valence-electron chi connectivity index (χ3n) is 2.37. The maximum Gasteiger partial charge on any atom is 0.319 e. The molecule has 0 saturated heterocycles. The van der Waals surface area contributed by atoms with Crippen molar-refractivity contribution in [3.05, 3.63) is 22.3 Å². The van der Waals surface area contributed by atoms with Crippen LogP contribution in [-0.2, 0) is 6.61 Å². The van der Waals surface area contributed by atoms with Gasteiger partial charge < -0.3 is 26.0 Å². The van der Waals surface area contributed by atoms with Crippen LogP contribution in [0.15, 0.2) is 6.07 Å². The molecule has 9 heteroatoms. The molecule has 0 aliphatic rings. The van der Waals surface area contributed by atoms with E-state index in [2.05, 4.69) is 78.4 Å². The third kappa shape index (κ3) is 5.08. The molecule has 0 fully saturated rings. The van der Waals surface area contributed by atoms with E-state index in [1.165, 1.54) is 0 Å². The van der Waals surface area contributed by atoms with Gasteiger partial charge in [-0.1, -0.05) is 0 Å². The van der Waals surface area contributed by atoms with Crippen molar-refractivity contribution in [1.82, 2.24) is 5.32 Å². The fourth-order valence-electron chi connectivity index (χ4n) is 1.32. The van der Waals surface area contributed by atoms with Gasteiger partial charge >= 0.3 is 6.03 Å². The molecule has 1 aromatic rings. The minimum atomic E-state index is -0.983. The first-order valence-corrected chi connectivity index (χ1v) is 8.75. The van der Waals surface area contributed by atoms with Gasteiger partial charge in [0.1, 0.15) is 0 Å². The van der Waals surface area contributed by atoms with Gasteiger partial charge in [0.15, 0.2) is 0 Å². The number of nitrogens with one attached hydrogen (secondary N) is 2. The van der Waals surface area contributed by atoms with E-state index in [0.29, 0.717) is 5.69 Å². The highest BCUT2D eigenvalue weighted by Crippen LogP contribution is 2.31. The van der Waals surface area contributed by atoms with Gasteiger partial charge in [0.25, 0.3) is 0 Å². The minimum absolute atomic E-state index is 0.0350. The number of carbonyl (C=O) groups is 1. The summed E-state index contributed by atoms with van der Waals surface area (Å²) in [5, 5.41) is 32.3. The van der Waals surface area contributed by atoms with Gasteiger partial charge in [-0.3, -0.25) is 0 Å². The zero-order valence-electron chi connectivity index (χ0n) is 10.2. The summed E-state index contributed by atoms with van der Waals surface area (Å²) in [4.78, 5) is 11.7. The molecular formula is C11H13I3N2O4. The van der Waals surface area contributed by atoms with Crippen molar-refractivity contribution in [1.29, 1.82) is 0 Å². The summed E-state index contributed by atoms with van der Waals surface area (Å²) >= 11 is 6.31. The fraction of sp³-hybridized carbons (Fsp3) is 0.364. The first-order valence-electron chi connectivity index (χ1n) is 5.51. The van der Waals surface area contributed by atoms with Crippen LogP contribution in [0, 0.1) is 10.7 Å². The van der Waals surface area contributed by atoms with Crippen LogP contribution in [0.2, 0.25) is 0 Å². The molecule has 0 aliphatic heterocycles. The normalized spacial score (nSPS) is 12.1. The smallest absolute Gasteiger partial charge is 0.319 e. The molecule has 2 amide bonds. The molecule has 0 bridgehead atoms. The standard InChI is InChI=1S/C11H13I3N2O4/c12-7-1-8(13)10(9(14)6(7)4-18)16-11(20)15-2-5(19)3-17/h1,5,17-19H,2-4H2,(H2,15,16,20)/t5-/m0/s1. The van der Waals surface area contributed by atoms with Crippen molar-refractivity contribution >= 4 is 79.5 Å². The molecular weight excluding hydrogens is 605 g/mol. The van der Waals surface area contributed by atoms with E-state index in [1.807, 2.05) is 6.07 Å². The Hall–Kier alpha value is 0.560. The Morgan fingerprint density at radius 1 is 1.25 bits per heavy atom. The molecule has 20 heavy (non-hydrogen) atoms. The Kier molecular flexibility index (Phi) is 8.25. The van der Waals surface area contributed by atoms with Gasteiger partial charge in [-0.05, 0) is 73.8 Å². The average Bonchev–Trinajstić information content (AvgIpc) is 2.41. The lowest BCUT2D eigenvalue weighted by Crippen LogP contribution is -2.37. The topological polar surface area (TPSA) is 102 Å². The van der Waals surface area contributed by atoms with Crippen LogP contribution in [0.5, 0.6) is 0 Å². The Balaban J connectivity index is 2.84. The van der Waals surface area contributed by atoms with E-state index in [4.69, 9.17) is 5.11 Å². The number of hydrogen-bond donors (Lipinski definition) is 5. The minimum Gasteiger partial charge on any atom is -0.394 e. The van der Waals surface area contributed by atoms with E-state index in [-0.39, 0.29) is 13.2 Å².